The number of unbranched alkanes of at least 4 members (excludes halogenated alkanes) is 1. The van der Waals surface area contributed by atoms with E-state index in [0.717, 1.165) is 6.04 Å². The smallest absolute Gasteiger partial charge is 0.314 e. The minimum absolute atomic E-state index is 1.15. The van der Waals surface area contributed by atoms with Gasteiger partial charge in [-0.05, 0) is 51.9 Å². The lowest BCUT2D eigenvalue weighted by Gasteiger charge is -2.38. The van der Waals surface area contributed by atoms with Gasteiger partial charge >= 0.3 is 8.56 Å². The molecule has 0 aromatic carbocycles. The van der Waals surface area contributed by atoms with Crippen LogP contribution in [0.25, 0.3) is 0 Å². The molecule has 0 N–H and O–H groups in total. The Hall–Kier alpha value is 0.571. The Morgan fingerprint density at radius 3 is 1.38 bits per heavy atom. The standard InChI is InChI=1S/C11H30O2Si3/c1-9-10-11-16(8,12-14(2,3)4)13-15(5,6)7/h9-11H2,1-8H3. The number of hydrogen-bond donors (Lipinski definition) is 0. The van der Waals surface area contributed by atoms with E-state index in [2.05, 4.69) is 52.8 Å². The highest BCUT2D eigenvalue weighted by Gasteiger charge is 2.39. The van der Waals surface area contributed by atoms with E-state index in [1.54, 1.807) is 0 Å². The van der Waals surface area contributed by atoms with Crippen LogP contribution in [-0.4, -0.2) is 25.2 Å². The third-order valence-electron chi connectivity index (χ3n) is 2.03. The zero-order valence-corrected chi connectivity index (χ0v) is 15.4. The van der Waals surface area contributed by atoms with Gasteiger partial charge < -0.3 is 8.23 Å². The van der Waals surface area contributed by atoms with Crippen molar-refractivity contribution in [2.45, 2.75) is 71.6 Å². The topological polar surface area (TPSA) is 18.5 Å². The molecule has 0 rings (SSSR count). The minimum atomic E-state index is -1.92. The zero-order valence-electron chi connectivity index (χ0n) is 12.4. The molecule has 0 amide bonds. The fourth-order valence-corrected chi connectivity index (χ4v) is 14.6. The summed E-state index contributed by atoms with van der Waals surface area (Å²) in [6, 6.07) is 1.15. The first-order chi connectivity index (χ1) is 6.97. The summed E-state index contributed by atoms with van der Waals surface area (Å²) in [5.41, 5.74) is 0. The van der Waals surface area contributed by atoms with Crippen LogP contribution in [0.5, 0.6) is 0 Å². The molecule has 0 aromatic rings. The van der Waals surface area contributed by atoms with Gasteiger partial charge in [0, 0.05) is 0 Å². The van der Waals surface area contributed by atoms with Gasteiger partial charge in [0.25, 0.3) is 0 Å². The Morgan fingerprint density at radius 1 is 0.750 bits per heavy atom. The Labute approximate surface area is 105 Å². The lowest BCUT2D eigenvalue weighted by molar-refractivity contribution is 0.381. The summed E-state index contributed by atoms with van der Waals surface area (Å²) >= 11 is 0. The summed E-state index contributed by atoms with van der Waals surface area (Å²) in [7, 11) is -4.88. The van der Waals surface area contributed by atoms with Crippen LogP contribution in [0.1, 0.15) is 19.8 Å². The van der Waals surface area contributed by atoms with E-state index in [9.17, 15) is 0 Å². The van der Waals surface area contributed by atoms with Crippen LogP contribution in [0.2, 0.25) is 51.9 Å². The second-order valence-corrected chi connectivity index (χ2v) is 19.5. The molecule has 0 fully saturated rings. The van der Waals surface area contributed by atoms with Crippen molar-refractivity contribution in [1.29, 1.82) is 0 Å². The van der Waals surface area contributed by atoms with E-state index in [1.165, 1.54) is 12.8 Å². The highest BCUT2D eigenvalue weighted by atomic mass is 28.5. The molecule has 0 aliphatic rings. The Bertz CT molecular complexity index is 190. The monoisotopic (exact) mass is 278 g/mol. The average Bonchev–Trinajstić information content (AvgIpc) is 1.93. The van der Waals surface area contributed by atoms with Gasteiger partial charge in [0.1, 0.15) is 0 Å². The first-order valence-electron chi connectivity index (χ1n) is 6.38. The molecule has 0 aliphatic carbocycles. The lowest BCUT2D eigenvalue weighted by Crippen LogP contribution is -2.52. The molecule has 16 heavy (non-hydrogen) atoms. The van der Waals surface area contributed by atoms with Crippen LogP contribution < -0.4 is 0 Å². The van der Waals surface area contributed by atoms with Crippen molar-refractivity contribution in [3.05, 3.63) is 0 Å². The predicted octanol–water partition coefficient (Wildman–Crippen LogP) is 4.56. The largest absolute Gasteiger partial charge is 0.437 e. The summed E-state index contributed by atoms with van der Waals surface area (Å²) < 4.78 is 12.8. The first kappa shape index (κ1) is 16.6. The van der Waals surface area contributed by atoms with Gasteiger partial charge in [-0.2, -0.15) is 0 Å². The molecule has 0 bridgehead atoms. The fourth-order valence-electron chi connectivity index (χ4n) is 1.92. The summed E-state index contributed by atoms with van der Waals surface area (Å²) in [4.78, 5) is 0. The molecule has 2 nitrogen and oxygen atoms in total. The quantitative estimate of drug-likeness (QED) is 0.636. The Morgan fingerprint density at radius 2 is 1.12 bits per heavy atom. The molecule has 0 unspecified atom stereocenters. The summed E-state index contributed by atoms with van der Waals surface area (Å²) in [6.45, 7) is 18.1. The van der Waals surface area contributed by atoms with Gasteiger partial charge in [-0.1, -0.05) is 19.8 Å². The molecule has 0 aliphatic heterocycles. The molecule has 98 valence electrons. The molecule has 0 radical (unpaired) electrons. The van der Waals surface area contributed by atoms with Gasteiger partial charge in [0.05, 0.1) is 0 Å². The van der Waals surface area contributed by atoms with Crippen molar-refractivity contribution in [1.82, 2.24) is 0 Å². The second-order valence-electron chi connectivity index (χ2n) is 6.67. The Kier molecular flexibility index (Phi) is 6.16. The molecular weight excluding hydrogens is 248 g/mol. The maximum atomic E-state index is 6.39. The molecule has 0 aromatic heterocycles. The van der Waals surface area contributed by atoms with Crippen LogP contribution in [-0.2, 0) is 8.23 Å². The van der Waals surface area contributed by atoms with Crippen LogP contribution in [0, 0.1) is 0 Å². The van der Waals surface area contributed by atoms with Gasteiger partial charge in [-0.25, -0.2) is 0 Å². The van der Waals surface area contributed by atoms with Crippen molar-refractivity contribution < 1.29 is 8.23 Å². The molecule has 0 heterocycles. The van der Waals surface area contributed by atoms with Crippen molar-refractivity contribution in [2.75, 3.05) is 0 Å². The lowest BCUT2D eigenvalue weighted by atomic mass is 10.4. The fraction of sp³-hybridized carbons (Fsp3) is 1.00. The minimum Gasteiger partial charge on any atom is -0.437 e. The maximum Gasteiger partial charge on any atom is 0.314 e. The highest BCUT2D eigenvalue weighted by Crippen LogP contribution is 2.25. The van der Waals surface area contributed by atoms with Gasteiger partial charge in [-0.15, -0.1) is 0 Å². The average molecular weight is 279 g/mol. The summed E-state index contributed by atoms with van der Waals surface area (Å²) in [5.74, 6) is 0. The van der Waals surface area contributed by atoms with Gasteiger partial charge in [0.15, 0.2) is 16.6 Å². The molecule has 5 heteroatoms. The number of hydrogen-bond acceptors (Lipinski definition) is 2. The third-order valence-corrected chi connectivity index (χ3v) is 11.6. The first-order valence-corrected chi connectivity index (χ1v) is 15.7. The highest BCUT2D eigenvalue weighted by molar-refractivity contribution is 6.87. The van der Waals surface area contributed by atoms with E-state index < -0.39 is 25.2 Å². The van der Waals surface area contributed by atoms with E-state index in [1.807, 2.05) is 0 Å². The van der Waals surface area contributed by atoms with E-state index in [4.69, 9.17) is 8.23 Å². The van der Waals surface area contributed by atoms with Crippen molar-refractivity contribution in [3.8, 4) is 0 Å². The molecular formula is C11H30O2Si3. The SMILES string of the molecule is CCCC[Si](C)(O[Si](C)(C)C)O[Si](C)(C)C. The van der Waals surface area contributed by atoms with Crippen molar-refractivity contribution in [3.63, 3.8) is 0 Å². The van der Waals surface area contributed by atoms with Crippen LogP contribution in [0.4, 0.5) is 0 Å². The predicted molar refractivity (Wildman–Crippen MR) is 80.2 cm³/mol. The Balaban J connectivity index is 4.61. The molecule has 0 saturated carbocycles. The van der Waals surface area contributed by atoms with Crippen LogP contribution in [0.15, 0.2) is 0 Å². The van der Waals surface area contributed by atoms with E-state index >= 15 is 0 Å². The summed E-state index contributed by atoms with van der Waals surface area (Å²) in [6.07, 6.45) is 2.46. The number of rotatable bonds is 7. The van der Waals surface area contributed by atoms with Crippen molar-refractivity contribution >= 4 is 25.2 Å². The molecule has 0 atom stereocenters. The zero-order chi connectivity index (χ0) is 13.0. The van der Waals surface area contributed by atoms with E-state index in [0.29, 0.717) is 0 Å². The molecule has 0 saturated heterocycles. The van der Waals surface area contributed by atoms with Gasteiger partial charge in [0.2, 0.25) is 0 Å². The van der Waals surface area contributed by atoms with Crippen molar-refractivity contribution in [2.24, 2.45) is 0 Å². The summed E-state index contributed by atoms with van der Waals surface area (Å²) in [5, 5.41) is 0. The maximum absolute atomic E-state index is 6.39. The van der Waals surface area contributed by atoms with Crippen LogP contribution in [0.3, 0.4) is 0 Å². The second kappa shape index (κ2) is 5.95. The third kappa shape index (κ3) is 8.69. The normalized spacial score (nSPS) is 14.2. The van der Waals surface area contributed by atoms with Crippen LogP contribution >= 0.6 is 0 Å². The van der Waals surface area contributed by atoms with Gasteiger partial charge in [-0.3, -0.25) is 0 Å². The van der Waals surface area contributed by atoms with E-state index in [-0.39, 0.29) is 0 Å². The molecule has 0 spiro atoms.